The minimum atomic E-state index is 0.400. The third-order valence-electron chi connectivity index (χ3n) is 7.84. The van der Waals surface area contributed by atoms with Crippen LogP contribution in [-0.2, 0) is 4.74 Å². The van der Waals surface area contributed by atoms with Crippen molar-refractivity contribution in [1.29, 1.82) is 0 Å². The van der Waals surface area contributed by atoms with Crippen LogP contribution >= 0.6 is 0 Å². The van der Waals surface area contributed by atoms with Crippen molar-refractivity contribution in [2.75, 3.05) is 48.8 Å². The Kier molecular flexibility index (Phi) is 6.44. The highest BCUT2D eigenvalue weighted by Gasteiger charge is 2.31. The van der Waals surface area contributed by atoms with Crippen LogP contribution in [0.4, 0.5) is 23.0 Å². The minimum Gasteiger partial charge on any atom is -0.381 e. The van der Waals surface area contributed by atoms with Crippen molar-refractivity contribution in [3.8, 4) is 0 Å². The second kappa shape index (κ2) is 9.99. The van der Waals surface area contributed by atoms with E-state index >= 15 is 0 Å². The lowest BCUT2D eigenvalue weighted by molar-refractivity contribution is 0.0682. The van der Waals surface area contributed by atoms with E-state index in [0.717, 1.165) is 67.1 Å². The van der Waals surface area contributed by atoms with Crippen molar-refractivity contribution in [3.05, 3.63) is 48.7 Å². The molecule has 7 nitrogen and oxygen atoms in total. The van der Waals surface area contributed by atoms with Gasteiger partial charge in [-0.05, 0) is 68.9 Å². The summed E-state index contributed by atoms with van der Waals surface area (Å²) >= 11 is 0. The summed E-state index contributed by atoms with van der Waals surface area (Å²) in [7, 11) is 1.82. The molecule has 3 aliphatic rings. The summed E-state index contributed by atoms with van der Waals surface area (Å²) in [6, 6.07) is 16.3. The van der Waals surface area contributed by atoms with Gasteiger partial charge in [0.05, 0.1) is 17.3 Å². The molecule has 2 N–H and O–H groups in total. The standard InChI is InChI=1S/C28H36N6O/c1-35-25-13-7-21(8-14-25)30-26-4-2-3-20-19-29-28(32-27(20)26)31-22-5-9-23(10-6-22)33-15-17-34(18-16-33)24-11-12-24/h2-6,9-10,19,21,24-25,30H,7-8,11-18H2,1H3,(H,29,31,32). The Morgan fingerprint density at radius 2 is 1.66 bits per heavy atom. The van der Waals surface area contributed by atoms with Gasteiger partial charge in [0.25, 0.3) is 0 Å². The quantitative estimate of drug-likeness (QED) is 0.500. The number of hydrogen-bond acceptors (Lipinski definition) is 7. The highest BCUT2D eigenvalue weighted by molar-refractivity contribution is 5.90. The van der Waals surface area contributed by atoms with E-state index in [0.29, 0.717) is 18.1 Å². The first-order valence-electron chi connectivity index (χ1n) is 13.2. The molecular formula is C28H36N6O. The molecule has 6 rings (SSSR count). The van der Waals surface area contributed by atoms with Gasteiger partial charge in [0, 0.05) is 68.3 Å². The topological polar surface area (TPSA) is 65.6 Å². The summed E-state index contributed by atoms with van der Waals surface area (Å²) in [5.74, 6) is 0.626. The Morgan fingerprint density at radius 1 is 0.886 bits per heavy atom. The third-order valence-corrected chi connectivity index (χ3v) is 7.84. The number of piperazine rings is 1. The van der Waals surface area contributed by atoms with Gasteiger partial charge in [-0.25, -0.2) is 9.97 Å². The fourth-order valence-corrected chi connectivity index (χ4v) is 5.56. The zero-order valence-electron chi connectivity index (χ0n) is 20.6. The first-order chi connectivity index (χ1) is 17.2. The average molecular weight is 473 g/mol. The number of aromatic nitrogens is 2. The van der Waals surface area contributed by atoms with Crippen molar-refractivity contribution in [3.63, 3.8) is 0 Å². The molecule has 0 atom stereocenters. The van der Waals surface area contributed by atoms with Crippen LogP contribution < -0.4 is 15.5 Å². The number of ether oxygens (including phenoxy) is 1. The van der Waals surface area contributed by atoms with Gasteiger partial charge in [-0.2, -0.15) is 0 Å². The Hall–Kier alpha value is -2.90. The summed E-state index contributed by atoms with van der Waals surface area (Å²) in [6.07, 6.45) is 9.54. The van der Waals surface area contributed by atoms with Crippen LogP contribution in [0.25, 0.3) is 10.9 Å². The van der Waals surface area contributed by atoms with E-state index < -0.39 is 0 Å². The van der Waals surface area contributed by atoms with Crippen LogP contribution in [0.5, 0.6) is 0 Å². The normalized spacial score (nSPS) is 23.4. The van der Waals surface area contributed by atoms with Crippen LogP contribution in [0, 0.1) is 0 Å². The largest absolute Gasteiger partial charge is 0.381 e. The molecule has 0 bridgehead atoms. The fraction of sp³-hybridized carbons (Fsp3) is 0.500. The summed E-state index contributed by atoms with van der Waals surface area (Å²) in [6.45, 7) is 4.58. The van der Waals surface area contributed by atoms with Gasteiger partial charge in [-0.3, -0.25) is 4.90 Å². The Bertz CT molecular complexity index is 1130. The Balaban J connectivity index is 1.12. The summed E-state index contributed by atoms with van der Waals surface area (Å²) in [5, 5.41) is 8.19. The summed E-state index contributed by atoms with van der Waals surface area (Å²) < 4.78 is 5.53. The van der Waals surface area contributed by atoms with Crippen molar-refractivity contribution in [2.45, 2.75) is 56.7 Å². The molecule has 3 fully saturated rings. The summed E-state index contributed by atoms with van der Waals surface area (Å²) in [4.78, 5) is 14.6. The highest BCUT2D eigenvalue weighted by Crippen LogP contribution is 2.30. The van der Waals surface area contributed by atoms with Crippen LogP contribution in [0.1, 0.15) is 38.5 Å². The van der Waals surface area contributed by atoms with E-state index in [4.69, 9.17) is 9.72 Å². The molecule has 0 spiro atoms. The lowest BCUT2D eigenvalue weighted by Crippen LogP contribution is -2.47. The maximum atomic E-state index is 5.53. The summed E-state index contributed by atoms with van der Waals surface area (Å²) in [5.41, 5.74) is 4.34. The van der Waals surface area contributed by atoms with E-state index in [1.807, 2.05) is 13.3 Å². The maximum absolute atomic E-state index is 5.53. The molecule has 35 heavy (non-hydrogen) atoms. The second-order valence-corrected chi connectivity index (χ2v) is 10.2. The highest BCUT2D eigenvalue weighted by atomic mass is 16.5. The molecule has 7 heteroatoms. The molecule has 1 aromatic heterocycles. The van der Waals surface area contributed by atoms with E-state index in [1.165, 1.54) is 31.6 Å². The number of nitrogens with zero attached hydrogens (tertiary/aromatic N) is 4. The average Bonchev–Trinajstić information content (AvgIpc) is 3.76. The number of para-hydroxylation sites is 1. The molecule has 2 heterocycles. The van der Waals surface area contributed by atoms with E-state index in [1.54, 1.807) is 0 Å². The third kappa shape index (κ3) is 5.21. The fourth-order valence-electron chi connectivity index (χ4n) is 5.56. The van der Waals surface area contributed by atoms with Crippen molar-refractivity contribution in [1.82, 2.24) is 14.9 Å². The first-order valence-corrected chi connectivity index (χ1v) is 13.2. The van der Waals surface area contributed by atoms with Crippen molar-refractivity contribution >= 4 is 33.9 Å². The van der Waals surface area contributed by atoms with Crippen molar-refractivity contribution in [2.24, 2.45) is 0 Å². The van der Waals surface area contributed by atoms with E-state index in [9.17, 15) is 0 Å². The maximum Gasteiger partial charge on any atom is 0.227 e. The van der Waals surface area contributed by atoms with Crippen LogP contribution in [0.2, 0.25) is 0 Å². The molecule has 0 amide bonds. The molecule has 184 valence electrons. The minimum absolute atomic E-state index is 0.400. The number of methoxy groups -OCH3 is 1. The van der Waals surface area contributed by atoms with Crippen LogP contribution in [0.3, 0.4) is 0 Å². The van der Waals surface area contributed by atoms with Crippen LogP contribution in [-0.4, -0.2) is 66.3 Å². The molecule has 1 saturated heterocycles. The van der Waals surface area contributed by atoms with Gasteiger partial charge in [-0.1, -0.05) is 12.1 Å². The Morgan fingerprint density at radius 3 is 2.37 bits per heavy atom. The predicted molar refractivity (Wildman–Crippen MR) is 143 cm³/mol. The predicted octanol–water partition coefficient (Wildman–Crippen LogP) is 5.03. The zero-order valence-corrected chi connectivity index (χ0v) is 20.6. The number of hydrogen-bond donors (Lipinski definition) is 2. The molecule has 2 aliphatic carbocycles. The van der Waals surface area contributed by atoms with E-state index in [-0.39, 0.29) is 0 Å². The Labute approximate surface area is 207 Å². The van der Waals surface area contributed by atoms with Gasteiger partial charge in [-0.15, -0.1) is 0 Å². The van der Waals surface area contributed by atoms with Crippen molar-refractivity contribution < 1.29 is 4.74 Å². The van der Waals surface area contributed by atoms with E-state index in [2.05, 4.69) is 67.9 Å². The molecule has 0 radical (unpaired) electrons. The lowest BCUT2D eigenvalue weighted by Gasteiger charge is -2.36. The van der Waals surface area contributed by atoms with Crippen LogP contribution in [0.15, 0.2) is 48.7 Å². The lowest BCUT2D eigenvalue weighted by atomic mass is 9.92. The zero-order chi connectivity index (χ0) is 23.6. The number of fused-ring (bicyclic) bond motifs is 1. The van der Waals surface area contributed by atoms with Gasteiger partial charge in [0.1, 0.15) is 0 Å². The van der Waals surface area contributed by atoms with Gasteiger partial charge < -0.3 is 20.3 Å². The molecule has 1 aliphatic heterocycles. The number of rotatable bonds is 7. The number of benzene rings is 2. The molecule has 3 aromatic rings. The van der Waals surface area contributed by atoms with Gasteiger partial charge >= 0.3 is 0 Å². The molecular weight excluding hydrogens is 436 g/mol. The van der Waals surface area contributed by atoms with Gasteiger partial charge in [0.15, 0.2) is 0 Å². The second-order valence-electron chi connectivity index (χ2n) is 10.2. The number of nitrogens with one attached hydrogen (secondary N) is 2. The monoisotopic (exact) mass is 472 g/mol. The molecule has 0 unspecified atom stereocenters. The molecule has 2 saturated carbocycles. The molecule has 2 aromatic carbocycles. The van der Waals surface area contributed by atoms with Gasteiger partial charge in [0.2, 0.25) is 5.95 Å². The SMILES string of the molecule is COC1CCC(Nc2cccc3cnc(Nc4ccc(N5CCN(C6CC6)CC5)cc4)nc23)CC1. The smallest absolute Gasteiger partial charge is 0.227 e. The first kappa shape index (κ1) is 22.6. The number of anilines is 4.